The molecule has 0 aliphatic carbocycles. The first-order valence-electron chi connectivity index (χ1n) is 4.84. The molecule has 15 heavy (non-hydrogen) atoms. The molecule has 2 heterocycles. The number of hydrogen-bond donors (Lipinski definition) is 1. The largest absolute Gasteiger partial charge is 0.389 e. The van der Waals surface area contributed by atoms with E-state index < -0.39 is 6.10 Å². The standard InChI is InChI=1S/C11H13N3O/c1-8-5-7-14(13-8)11-10(9(2)15)4-3-6-12-11/h3-7,9,15H,1-2H3/t9-/m0/s1. The summed E-state index contributed by atoms with van der Waals surface area (Å²) >= 11 is 0. The van der Waals surface area contributed by atoms with Crippen LogP contribution in [0.5, 0.6) is 0 Å². The summed E-state index contributed by atoms with van der Waals surface area (Å²) in [7, 11) is 0. The molecule has 0 unspecified atom stereocenters. The van der Waals surface area contributed by atoms with Crippen molar-refractivity contribution in [2.45, 2.75) is 20.0 Å². The molecular formula is C11H13N3O. The molecule has 0 amide bonds. The maximum Gasteiger partial charge on any atom is 0.159 e. The third-order valence-corrected chi connectivity index (χ3v) is 2.21. The molecule has 0 saturated heterocycles. The number of nitrogens with zero attached hydrogens (tertiary/aromatic N) is 3. The summed E-state index contributed by atoms with van der Waals surface area (Å²) in [5.41, 5.74) is 1.71. The van der Waals surface area contributed by atoms with Gasteiger partial charge in [-0.2, -0.15) is 5.10 Å². The van der Waals surface area contributed by atoms with Crippen LogP contribution in [0.15, 0.2) is 30.6 Å². The summed E-state index contributed by atoms with van der Waals surface area (Å²) in [6.07, 6.45) is 2.99. The van der Waals surface area contributed by atoms with Gasteiger partial charge in [0.2, 0.25) is 0 Å². The summed E-state index contributed by atoms with van der Waals surface area (Å²) in [5, 5.41) is 13.9. The molecule has 4 heteroatoms. The lowest BCUT2D eigenvalue weighted by molar-refractivity contribution is 0.198. The van der Waals surface area contributed by atoms with Crippen LogP contribution in [0, 0.1) is 6.92 Å². The summed E-state index contributed by atoms with van der Waals surface area (Å²) in [4.78, 5) is 4.22. The van der Waals surface area contributed by atoms with E-state index in [-0.39, 0.29) is 0 Å². The number of aliphatic hydroxyl groups is 1. The molecule has 2 aromatic rings. The third-order valence-electron chi connectivity index (χ3n) is 2.21. The fourth-order valence-corrected chi connectivity index (χ4v) is 1.46. The van der Waals surface area contributed by atoms with Crippen LogP contribution in [0.2, 0.25) is 0 Å². The molecule has 0 fully saturated rings. The van der Waals surface area contributed by atoms with Gasteiger partial charge in [-0.1, -0.05) is 6.07 Å². The minimum Gasteiger partial charge on any atom is -0.389 e. The van der Waals surface area contributed by atoms with Crippen molar-refractivity contribution >= 4 is 0 Å². The lowest BCUT2D eigenvalue weighted by Gasteiger charge is -2.09. The van der Waals surface area contributed by atoms with E-state index in [1.165, 1.54) is 0 Å². The number of aromatic nitrogens is 3. The average Bonchev–Trinajstić information content (AvgIpc) is 2.65. The lowest BCUT2D eigenvalue weighted by Crippen LogP contribution is -2.05. The first-order valence-corrected chi connectivity index (χ1v) is 4.84. The maximum absolute atomic E-state index is 9.59. The van der Waals surface area contributed by atoms with Crippen molar-refractivity contribution in [3.8, 4) is 5.82 Å². The van der Waals surface area contributed by atoms with Crippen molar-refractivity contribution < 1.29 is 5.11 Å². The first kappa shape index (κ1) is 9.86. The van der Waals surface area contributed by atoms with Crippen molar-refractivity contribution in [1.82, 2.24) is 14.8 Å². The van der Waals surface area contributed by atoms with Crippen molar-refractivity contribution in [2.24, 2.45) is 0 Å². The molecule has 0 bridgehead atoms. The number of aliphatic hydroxyl groups excluding tert-OH is 1. The van der Waals surface area contributed by atoms with Crippen LogP contribution in [-0.4, -0.2) is 19.9 Å². The van der Waals surface area contributed by atoms with Crippen LogP contribution >= 0.6 is 0 Å². The normalized spacial score (nSPS) is 12.7. The van der Waals surface area contributed by atoms with Gasteiger partial charge in [-0.3, -0.25) is 0 Å². The van der Waals surface area contributed by atoms with Gasteiger partial charge in [-0.05, 0) is 26.0 Å². The number of pyridine rings is 1. The highest BCUT2D eigenvalue weighted by atomic mass is 16.3. The van der Waals surface area contributed by atoms with Crippen LogP contribution in [0.25, 0.3) is 5.82 Å². The smallest absolute Gasteiger partial charge is 0.159 e. The van der Waals surface area contributed by atoms with Crippen LogP contribution in [0.1, 0.15) is 24.3 Å². The molecule has 0 aliphatic rings. The minimum atomic E-state index is -0.543. The molecule has 0 aliphatic heterocycles. The van der Waals surface area contributed by atoms with Gasteiger partial charge in [0.05, 0.1) is 11.8 Å². The van der Waals surface area contributed by atoms with Gasteiger partial charge in [-0.25, -0.2) is 9.67 Å². The number of hydrogen-bond acceptors (Lipinski definition) is 3. The predicted molar refractivity (Wildman–Crippen MR) is 56.7 cm³/mol. The Balaban J connectivity index is 2.52. The van der Waals surface area contributed by atoms with E-state index >= 15 is 0 Å². The van der Waals surface area contributed by atoms with Gasteiger partial charge in [0.25, 0.3) is 0 Å². The highest BCUT2D eigenvalue weighted by Gasteiger charge is 2.10. The lowest BCUT2D eigenvalue weighted by atomic mass is 10.1. The Hall–Kier alpha value is -1.68. The van der Waals surface area contributed by atoms with Gasteiger partial charge in [-0.15, -0.1) is 0 Å². The summed E-state index contributed by atoms with van der Waals surface area (Å²) < 4.78 is 1.68. The molecule has 4 nitrogen and oxygen atoms in total. The Morgan fingerprint density at radius 1 is 1.40 bits per heavy atom. The van der Waals surface area contributed by atoms with Crippen molar-refractivity contribution in [2.75, 3.05) is 0 Å². The Labute approximate surface area is 88.2 Å². The van der Waals surface area contributed by atoms with Crippen molar-refractivity contribution in [3.63, 3.8) is 0 Å². The van der Waals surface area contributed by atoms with Crippen LogP contribution in [0.3, 0.4) is 0 Å². The molecular weight excluding hydrogens is 190 g/mol. The second-order valence-electron chi connectivity index (χ2n) is 3.49. The Bertz CT molecular complexity index is 462. The van der Waals surface area contributed by atoms with Gasteiger partial charge in [0.15, 0.2) is 5.82 Å². The highest BCUT2D eigenvalue weighted by Crippen LogP contribution is 2.18. The maximum atomic E-state index is 9.59. The van der Waals surface area contributed by atoms with Crippen LogP contribution < -0.4 is 0 Å². The molecule has 2 aromatic heterocycles. The zero-order chi connectivity index (χ0) is 10.8. The number of rotatable bonds is 2. The topological polar surface area (TPSA) is 50.9 Å². The predicted octanol–water partition coefficient (Wildman–Crippen LogP) is 1.63. The van der Waals surface area contributed by atoms with Crippen LogP contribution in [-0.2, 0) is 0 Å². The summed E-state index contributed by atoms with van der Waals surface area (Å²) in [6, 6.07) is 5.56. The molecule has 0 aromatic carbocycles. The van der Waals surface area contributed by atoms with Gasteiger partial charge >= 0.3 is 0 Å². The van der Waals surface area contributed by atoms with Crippen molar-refractivity contribution in [1.29, 1.82) is 0 Å². The molecule has 0 saturated carbocycles. The average molecular weight is 203 g/mol. The van der Waals surface area contributed by atoms with E-state index in [0.29, 0.717) is 5.82 Å². The molecule has 0 radical (unpaired) electrons. The number of aryl methyl sites for hydroxylation is 1. The van der Waals surface area contributed by atoms with Crippen molar-refractivity contribution in [3.05, 3.63) is 41.9 Å². The zero-order valence-corrected chi connectivity index (χ0v) is 8.75. The summed E-state index contributed by atoms with van der Waals surface area (Å²) in [6.45, 7) is 3.64. The van der Waals surface area contributed by atoms with Gasteiger partial charge in [0.1, 0.15) is 0 Å². The van der Waals surface area contributed by atoms with E-state index in [2.05, 4.69) is 10.1 Å². The van der Waals surface area contributed by atoms with Gasteiger partial charge < -0.3 is 5.11 Å². The molecule has 1 N–H and O–H groups in total. The zero-order valence-electron chi connectivity index (χ0n) is 8.75. The summed E-state index contributed by atoms with van der Waals surface area (Å²) in [5.74, 6) is 0.681. The monoisotopic (exact) mass is 203 g/mol. The Morgan fingerprint density at radius 3 is 2.80 bits per heavy atom. The fourth-order valence-electron chi connectivity index (χ4n) is 1.46. The first-order chi connectivity index (χ1) is 7.18. The fraction of sp³-hybridized carbons (Fsp3) is 0.273. The molecule has 78 valence electrons. The second-order valence-corrected chi connectivity index (χ2v) is 3.49. The second kappa shape index (κ2) is 3.82. The van der Waals surface area contributed by atoms with E-state index in [4.69, 9.17) is 0 Å². The Morgan fingerprint density at radius 2 is 2.20 bits per heavy atom. The Kier molecular flexibility index (Phi) is 2.51. The van der Waals surface area contributed by atoms with Crippen LogP contribution in [0.4, 0.5) is 0 Å². The van der Waals surface area contributed by atoms with E-state index in [0.717, 1.165) is 11.3 Å². The van der Waals surface area contributed by atoms with Gasteiger partial charge in [0, 0.05) is 18.0 Å². The quantitative estimate of drug-likeness (QED) is 0.807. The third kappa shape index (κ3) is 1.89. The molecule has 1 atom stereocenters. The minimum absolute atomic E-state index is 0.543. The SMILES string of the molecule is Cc1ccn(-c2ncccc2[C@H](C)O)n1. The van der Waals surface area contributed by atoms with E-state index in [1.54, 1.807) is 17.8 Å². The van der Waals surface area contributed by atoms with E-state index in [1.807, 2.05) is 31.3 Å². The van der Waals surface area contributed by atoms with E-state index in [9.17, 15) is 5.11 Å². The molecule has 0 spiro atoms. The highest BCUT2D eigenvalue weighted by molar-refractivity contribution is 5.34. The molecule has 2 rings (SSSR count).